The number of benzene rings is 1. The molecular weight excluding hydrogens is 513 g/mol. The minimum absolute atomic E-state index is 0. The number of halogens is 1. The maximum absolute atomic E-state index is 12.2. The molecule has 10 nitrogen and oxygen atoms in total. The highest BCUT2D eigenvalue weighted by Crippen LogP contribution is 2.19. The number of hydrogen-bond acceptors (Lipinski definition) is 6. The summed E-state index contributed by atoms with van der Waals surface area (Å²) in [5.41, 5.74) is 6.51. The maximum atomic E-state index is 12.2. The highest BCUT2D eigenvalue weighted by Gasteiger charge is 2.26. The fourth-order valence-electron chi connectivity index (χ4n) is 2.94. The van der Waals surface area contributed by atoms with Crippen LogP contribution in [0, 0.1) is 0 Å². The summed E-state index contributed by atoms with van der Waals surface area (Å²) in [7, 11) is 1.62. The number of rotatable bonds is 4. The van der Waals surface area contributed by atoms with E-state index in [-0.39, 0.29) is 30.1 Å². The van der Waals surface area contributed by atoms with Gasteiger partial charge in [-0.15, -0.1) is 24.0 Å². The smallest absolute Gasteiger partial charge is 0.410 e. The molecule has 0 bridgehead atoms. The third kappa shape index (κ3) is 6.97. The molecule has 31 heavy (non-hydrogen) atoms. The van der Waals surface area contributed by atoms with Crippen LogP contribution in [0.4, 0.5) is 4.79 Å². The van der Waals surface area contributed by atoms with Gasteiger partial charge in [-0.2, -0.15) is 5.10 Å². The van der Waals surface area contributed by atoms with Crippen molar-refractivity contribution in [2.45, 2.75) is 32.9 Å². The van der Waals surface area contributed by atoms with Gasteiger partial charge < -0.3 is 25.0 Å². The molecule has 170 valence electrons. The molecule has 0 spiro atoms. The second-order valence-electron chi connectivity index (χ2n) is 7.96. The second-order valence-corrected chi connectivity index (χ2v) is 7.96. The largest absolute Gasteiger partial charge is 0.497 e. The number of ether oxygens (including phenoxy) is 2. The molecule has 11 heteroatoms. The summed E-state index contributed by atoms with van der Waals surface area (Å²) in [6, 6.07) is 7.51. The van der Waals surface area contributed by atoms with Crippen molar-refractivity contribution >= 4 is 36.0 Å². The number of nitrogens with one attached hydrogen (secondary N) is 1. The first-order chi connectivity index (χ1) is 14.2. The summed E-state index contributed by atoms with van der Waals surface area (Å²) in [5, 5.41) is 7.12. The molecule has 1 fully saturated rings. The van der Waals surface area contributed by atoms with Gasteiger partial charge in [0, 0.05) is 31.7 Å². The molecule has 3 N–H and O–H groups in total. The number of guanidine groups is 1. The Morgan fingerprint density at radius 2 is 1.77 bits per heavy atom. The van der Waals surface area contributed by atoms with Crippen LogP contribution in [0.25, 0.3) is 11.4 Å². The van der Waals surface area contributed by atoms with Crippen LogP contribution >= 0.6 is 24.0 Å². The zero-order valence-corrected chi connectivity index (χ0v) is 20.6. The summed E-state index contributed by atoms with van der Waals surface area (Å²) in [5.74, 6) is 2.41. The molecule has 1 aromatic carbocycles. The fraction of sp³-hybridized carbons (Fsp3) is 0.500. The molecule has 0 radical (unpaired) electrons. The number of aliphatic imine (C=N–C) groups is 1. The highest BCUT2D eigenvalue weighted by atomic mass is 127. The molecule has 1 amide bonds. The molecule has 2 heterocycles. The van der Waals surface area contributed by atoms with E-state index in [0.29, 0.717) is 50.3 Å². The van der Waals surface area contributed by atoms with Gasteiger partial charge in [-0.3, -0.25) is 5.10 Å². The molecular formula is C20H30IN7O3. The number of carbonyl (C=O) groups excluding carboxylic acids is 1. The van der Waals surface area contributed by atoms with E-state index < -0.39 is 5.60 Å². The van der Waals surface area contributed by atoms with E-state index in [1.165, 1.54) is 0 Å². The Balaban J connectivity index is 0.00000341. The Labute approximate surface area is 199 Å². The summed E-state index contributed by atoms with van der Waals surface area (Å²) >= 11 is 0. The second kappa shape index (κ2) is 10.6. The third-order valence-electron chi connectivity index (χ3n) is 4.53. The topological polar surface area (TPSA) is 122 Å². The minimum atomic E-state index is -0.504. The van der Waals surface area contributed by atoms with E-state index in [4.69, 9.17) is 15.2 Å². The Morgan fingerprint density at radius 1 is 1.16 bits per heavy atom. The van der Waals surface area contributed by atoms with E-state index in [1.807, 2.05) is 49.9 Å². The van der Waals surface area contributed by atoms with E-state index in [2.05, 4.69) is 20.2 Å². The maximum Gasteiger partial charge on any atom is 0.410 e. The predicted octanol–water partition coefficient (Wildman–Crippen LogP) is 2.47. The van der Waals surface area contributed by atoms with Crippen molar-refractivity contribution in [1.82, 2.24) is 25.0 Å². The quantitative estimate of drug-likeness (QED) is 0.345. The molecule has 0 aliphatic carbocycles. The third-order valence-corrected chi connectivity index (χ3v) is 4.53. The van der Waals surface area contributed by atoms with Crippen molar-refractivity contribution in [3.8, 4) is 17.1 Å². The standard InChI is InChI=1S/C20H29N7O3.HI/c1-20(2,3)30-19(28)27-11-9-26(10-12-27)18(21)22-13-16-23-17(25-24-16)14-5-7-15(29-4)8-6-14;/h5-8H,9-13H2,1-4H3,(H2,21,22)(H,23,24,25);1H. The van der Waals surface area contributed by atoms with Crippen molar-refractivity contribution in [3.63, 3.8) is 0 Å². The average Bonchev–Trinajstić information content (AvgIpc) is 3.20. The molecule has 1 aliphatic heterocycles. The first kappa shape index (κ1) is 24.7. The van der Waals surface area contributed by atoms with E-state index in [0.717, 1.165) is 11.3 Å². The lowest BCUT2D eigenvalue weighted by molar-refractivity contribution is 0.0186. The number of hydrogen-bond donors (Lipinski definition) is 2. The molecule has 3 rings (SSSR count). The zero-order chi connectivity index (χ0) is 21.7. The van der Waals surface area contributed by atoms with Crippen molar-refractivity contribution in [2.75, 3.05) is 33.3 Å². The summed E-state index contributed by atoms with van der Waals surface area (Å²) in [6.45, 7) is 8.13. The number of nitrogens with zero attached hydrogens (tertiary/aromatic N) is 5. The van der Waals surface area contributed by atoms with Crippen molar-refractivity contribution < 1.29 is 14.3 Å². The van der Waals surface area contributed by atoms with Crippen molar-refractivity contribution in [2.24, 2.45) is 10.7 Å². The SMILES string of the molecule is COc1ccc(-c2n[nH]c(CN=C(N)N3CCN(C(=O)OC(C)(C)C)CC3)n2)cc1.I. The number of amides is 1. The van der Waals surface area contributed by atoms with Crippen molar-refractivity contribution in [1.29, 1.82) is 0 Å². The predicted molar refractivity (Wildman–Crippen MR) is 128 cm³/mol. The number of carbonyl (C=O) groups is 1. The van der Waals surface area contributed by atoms with E-state index in [1.54, 1.807) is 12.0 Å². The number of H-pyrrole nitrogens is 1. The monoisotopic (exact) mass is 543 g/mol. The van der Waals surface area contributed by atoms with Gasteiger partial charge in [0.05, 0.1) is 7.11 Å². The van der Waals surface area contributed by atoms with Gasteiger partial charge in [-0.05, 0) is 45.0 Å². The average molecular weight is 543 g/mol. The Kier molecular flexibility index (Phi) is 8.48. The zero-order valence-electron chi connectivity index (χ0n) is 18.3. The minimum Gasteiger partial charge on any atom is -0.497 e. The van der Waals surface area contributed by atoms with E-state index >= 15 is 0 Å². The number of nitrogens with two attached hydrogens (primary N) is 1. The number of methoxy groups -OCH3 is 1. The van der Waals surface area contributed by atoms with Crippen LogP contribution in [0.15, 0.2) is 29.3 Å². The molecule has 0 unspecified atom stereocenters. The van der Waals surface area contributed by atoms with Crippen LogP contribution in [0.3, 0.4) is 0 Å². The normalized spacial score (nSPS) is 14.8. The molecule has 0 saturated carbocycles. The van der Waals surface area contributed by atoms with E-state index in [9.17, 15) is 4.79 Å². The van der Waals surface area contributed by atoms with Crippen LogP contribution in [0.2, 0.25) is 0 Å². The fourth-order valence-corrected chi connectivity index (χ4v) is 2.94. The van der Waals surface area contributed by atoms with Gasteiger partial charge >= 0.3 is 6.09 Å². The highest BCUT2D eigenvalue weighted by molar-refractivity contribution is 14.0. The summed E-state index contributed by atoms with van der Waals surface area (Å²) in [4.78, 5) is 24.7. The van der Waals surface area contributed by atoms with Gasteiger partial charge in [-0.1, -0.05) is 0 Å². The Hall–Kier alpha value is -2.57. The van der Waals surface area contributed by atoms with Crippen LogP contribution in [0.1, 0.15) is 26.6 Å². The summed E-state index contributed by atoms with van der Waals surface area (Å²) < 4.78 is 10.6. The summed E-state index contributed by atoms with van der Waals surface area (Å²) in [6.07, 6.45) is -0.301. The van der Waals surface area contributed by atoms with Gasteiger partial charge in [0.25, 0.3) is 0 Å². The lowest BCUT2D eigenvalue weighted by Gasteiger charge is -2.36. The van der Waals surface area contributed by atoms with Gasteiger partial charge in [0.2, 0.25) is 0 Å². The van der Waals surface area contributed by atoms with Crippen molar-refractivity contribution in [3.05, 3.63) is 30.1 Å². The van der Waals surface area contributed by atoms with Crippen LogP contribution in [0.5, 0.6) is 5.75 Å². The lowest BCUT2D eigenvalue weighted by atomic mass is 10.2. The number of aromatic nitrogens is 3. The molecule has 1 saturated heterocycles. The van der Waals surface area contributed by atoms with Gasteiger partial charge in [-0.25, -0.2) is 14.8 Å². The van der Waals surface area contributed by atoms with Gasteiger partial charge in [0.15, 0.2) is 11.8 Å². The van der Waals surface area contributed by atoms with Crippen LogP contribution in [-0.2, 0) is 11.3 Å². The Bertz CT molecular complexity index is 885. The molecule has 0 atom stereocenters. The first-order valence-corrected chi connectivity index (χ1v) is 9.83. The molecule has 1 aromatic heterocycles. The number of piperazine rings is 1. The van der Waals surface area contributed by atoms with Gasteiger partial charge in [0.1, 0.15) is 23.7 Å². The van der Waals surface area contributed by atoms with Crippen LogP contribution in [-0.4, -0.2) is 75.9 Å². The lowest BCUT2D eigenvalue weighted by Crippen LogP contribution is -2.53. The molecule has 1 aliphatic rings. The molecule has 2 aromatic rings. The Morgan fingerprint density at radius 3 is 2.35 bits per heavy atom. The number of aromatic amines is 1. The first-order valence-electron chi connectivity index (χ1n) is 9.83. The van der Waals surface area contributed by atoms with Crippen LogP contribution < -0.4 is 10.5 Å².